The van der Waals surface area contributed by atoms with E-state index in [9.17, 15) is 28.8 Å². The maximum absolute atomic E-state index is 13.6. The van der Waals surface area contributed by atoms with Crippen molar-refractivity contribution in [2.45, 2.75) is 167 Å². The molecule has 0 bridgehead atoms. The van der Waals surface area contributed by atoms with Gasteiger partial charge in [-0.05, 0) is 135 Å². The van der Waals surface area contributed by atoms with E-state index in [1.807, 2.05) is 36.4 Å². The average Bonchev–Trinajstić information content (AvgIpc) is 1.84. The molecule has 2 saturated heterocycles. The number of nitrogens with zero attached hydrogens (tertiary/aromatic N) is 6. The number of unbranched alkanes of at least 4 members (excludes halogenated alkanes) is 1. The zero-order chi connectivity index (χ0) is 67.2. The van der Waals surface area contributed by atoms with Gasteiger partial charge in [0, 0.05) is 65.7 Å². The van der Waals surface area contributed by atoms with E-state index in [0.717, 1.165) is 94.9 Å². The van der Waals surface area contributed by atoms with E-state index >= 15 is 0 Å². The van der Waals surface area contributed by atoms with Crippen LogP contribution < -0.4 is 31.9 Å². The van der Waals surface area contributed by atoms with Crippen LogP contribution in [0.5, 0.6) is 0 Å². The third-order valence-electron chi connectivity index (χ3n) is 16.3. The highest BCUT2D eigenvalue weighted by molar-refractivity contribution is 8.00. The molecule has 4 atom stereocenters. The monoisotopic (exact) mass is 1340 g/mol. The molecular formula is C71H98N12O10S2. The number of allylic oxidation sites excluding steroid dienone is 8. The Morgan fingerprint density at radius 3 is 1.99 bits per heavy atom. The first-order valence-corrected chi connectivity index (χ1v) is 35.7. The summed E-state index contributed by atoms with van der Waals surface area (Å²) in [4.78, 5) is 77.1. The number of ketones is 1. The molecule has 514 valence electrons. The topological polar surface area (TPSA) is 277 Å². The van der Waals surface area contributed by atoms with Gasteiger partial charge in [-0.25, -0.2) is 9.48 Å². The summed E-state index contributed by atoms with van der Waals surface area (Å²) >= 11 is 3.11. The quantitative estimate of drug-likeness (QED) is 0.00915. The zero-order valence-corrected chi connectivity index (χ0v) is 57.4. The summed E-state index contributed by atoms with van der Waals surface area (Å²) in [6, 6.07) is 16.5. The van der Waals surface area contributed by atoms with Gasteiger partial charge < -0.3 is 50.5 Å². The molecule has 2 aliphatic heterocycles. The summed E-state index contributed by atoms with van der Waals surface area (Å²) in [5.41, 5.74) is 9.72. The first-order chi connectivity index (χ1) is 46.2. The Morgan fingerprint density at radius 2 is 1.28 bits per heavy atom. The van der Waals surface area contributed by atoms with Gasteiger partial charge in [-0.3, -0.25) is 28.7 Å². The number of rotatable bonds is 47. The van der Waals surface area contributed by atoms with Crippen LogP contribution in [-0.2, 0) is 61.1 Å². The van der Waals surface area contributed by atoms with Crippen molar-refractivity contribution in [2.24, 2.45) is 0 Å². The number of carbonyl (C=O) groups excluding carboxylic acids is 6. The van der Waals surface area contributed by atoms with E-state index < -0.39 is 17.9 Å². The van der Waals surface area contributed by atoms with Crippen LogP contribution in [0.25, 0.3) is 0 Å². The Bertz CT molecular complexity index is 3270. The molecule has 2 fully saturated rings. The van der Waals surface area contributed by atoms with Crippen molar-refractivity contribution in [1.29, 1.82) is 0 Å². The Hall–Kier alpha value is -7.64. The van der Waals surface area contributed by atoms with Gasteiger partial charge in [-0.15, -0.1) is 22.0 Å². The number of benzene rings is 2. The van der Waals surface area contributed by atoms with Gasteiger partial charge in [0.1, 0.15) is 11.7 Å². The van der Waals surface area contributed by atoms with Crippen LogP contribution in [0, 0.1) is 0 Å². The van der Waals surface area contributed by atoms with Gasteiger partial charge in [-0.1, -0.05) is 106 Å². The predicted molar refractivity (Wildman–Crippen MR) is 372 cm³/mol. The zero-order valence-electron chi connectivity index (χ0n) is 55.8. The minimum atomic E-state index is -0.981. The highest BCUT2D eigenvalue weighted by atomic mass is 32.2. The molecule has 2 aliphatic rings. The lowest BCUT2D eigenvalue weighted by Crippen LogP contribution is -2.49. The molecule has 0 spiro atoms. The number of hydrogen-bond donors (Lipinski definition) is 6. The van der Waals surface area contributed by atoms with Crippen molar-refractivity contribution in [3.05, 3.63) is 166 Å². The summed E-state index contributed by atoms with van der Waals surface area (Å²) < 4.78 is 25.7. The molecule has 0 radical (unpaired) electrons. The SMILES string of the molecule is C/C(=C\CC/C(C)=C/CCc1ccoc1)CC/C=C(\C)CC/C=C(\C)CCc1cn(CCCNC(=O)CSC[C@H](NC(=O)c2ccc(C(=O)c3ccccc3)cc2)C(=O)NCCOCCOCCOCCn2cc(CNC(=O)CCCC[C@@H]3SC[C@@H]4NC(=O)N[C@@H]43)nn2)nn1. The fourth-order valence-corrected chi connectivity index (χ4v) is 13.2. The van der Waals surface area contributed by atoms with Gasteiger partial charge in [-0.2, -0.15) is 11.8 Å². The largest absolute Gasteiger partial charge is 0.472 e. The number of thioether (sulfide) groups is 2. The fraction of sp³-hybridized carbons (Fsp3) is 0.521. The van der Waals surface area contributed by atoms with Crippen molar-refractivity contribution < 1.29 is 47.4 Å². The molecule has 6 N–H and O–H groups in total. The molecule has 0 aliphatic carbocycles. The van der Waals surface area contributed by atoms with E-state index in [1.54, 1.807) is 70.4 Å². The van der Waals surface area contributed by atoms with E-state index in [0.29, 0.717) is 87.5 Å². The highest BCUT2D eigenvalue weighted by Crippen LogP contribution is 2.33. The number of furan rings is 1. The molecule has 2 aromatic carbocycles. The standard InChI is InChI=1S/C71H98N12O10S2/c1-52(17-11-18-54(3)21-13-22-56-33-38-93-48-56)15-10-16-53(2)19-12-20-55(4)27-32-60-46-82(80-78-60)36-14-34-72-66(85)51-94-49-63(75-69(87)59-30-28-58(29-31-59)68(86)57-23-6-5-7-24-57)70(88)73-35-39-90-41-43-92-44-42-91-40-37-83-47-61(79-81-83)45-74-65(84)26-9-8-25-64-67-62(50-95-64)76-71(89)77-67/h5-7,16-17,20-21,23-24,28-31,33,38,46-48,62-64,67H,8-15,18-19,22,25-27,32,34-37,39-45,49-51H2,1-4H3,(H,72,85)(H,73,88)(H,74,84)(H,75,87)(H2,76,77,89)/b52-17+,53-16+,54-21+,55-20+/t62-,63-,64-,67-/m0/s1. The maximum Gasteiger partial charge on any atom is 0.315 e. The Kier molecular flexibility index (Phi) is 33.6. The number of hydrogen-bond acceptors (Lipinski definition) is 16. The number of aryl methyl sites for hydroxylation is 3. The maximum atomic E-state index is 13.6. The van der Waals surface area contributed by atoms with Crippen molar-refractivity contribution in [2.75, 3.05) is 70.0 Å². The smallest absolute Gasteiger partial charge is 0.315 e. The summed E-state index contributed by atoms with van der Waals surface area (Å²) in [5, 5.41) is 34.8. The second-order valence-corrected chi connectivity index (χ2v) is 26.5. The summed E-state index contributed by atoms with van der Waals surface area (Å²) in [5.74, 6) is -0.222. The minimum Gasteiger partial charge on any atom is -0.472 e. The third kappa shape index (κ3) is 29.1. The molecule has 5 heterocycles. The highest BCUT2D eigenvalue weighted by Gasteiger charge is 2.42. The number of nitrogens with one attached hydrogen (secondary N) is 6. The van der Waals surface area contributed by atoms with Crippen LogP contribution in [0.1, 0.15) is 154 Å². The van der Waals surface area contributed by atoms with Gasteiger partial charge >= 0.3 is 6.03 Å². The van der Waals surface area contributed by atoms with Crippen LogP contribution in [0.4, 0.5) is 4.79 Å². The number of fused-ring (bicyclic) bond motifs is 1. The number of urea groups is 1. The molecule has 0 saturated carbocycles. The van der Waals surface area contributed by atoms with Crippen LogP contribution in [-0.4, -0.2) is 159 Å². The van der Waals surface area contributed by atoms with E-state index in [-0.39, 0.29) is 72.5 Å². The molecule has 0 unspecified atom stereocenters. The van der Waals surface area contributed by atoms with Gasteiger partial charge in [0.2, 0.25) is 17.7 Å². The van der Waals surface area contributed by atoms with Crippen molar-refractivity contribution in [1.82, 2.24) is 61.9 Å². The number of carbonyl (C=O) groups is 6. The second-order valence-electron chi connectivity index (χ2n) is 24.2. The number of ether oxygens (including phenoxy) is 3. The molecule has 95 heavy (non-hydrogen) atoms. The first kappa shape index (κ1) is 74.8. The fourth-order valence-electron chi connectivity index (χ4n) is 10.7. The molecule has 24 heteroatoms. The number of aromatic nitrogens is 6. The van der Waals surface area contributed by atoms with Crippen molar-refractivity contribution in [3.8, 4) is 0 Å². The molecule has 7 rings (SSSR count). The molecule has 6 amide bonds. The average molecular weight is 1340 g/mol. The third-order valence-corrected chi connectivity index (χ3v) is 18.9. The lowest BCUT2D eigenvalue weighted by atomic mass is 10.0. The summed E-state index contributed by atoms with van der Waals surface area (Å²) in [6.07, 6.45) is 30.7. The predicted octanol–water partition coefficient (Wildman–Crippen LogP) is 9.63. The van der Waals surface area contributed by atoms with E-state index in [1.165, 1.54) is 39.6 Å². The van der Waals surface area contributed by atoms with Crippen molar-refractivity contribution >= 4 is 59.0 Å². The van der Waals surface area contributed by atoms with Crippen LogP contribution in [0.3, 0.4) is 0 Å². The Balaban J connectivity index is 0.716. The Morgan fingerprint density at radius 1 is 0.653 bits per heavy atom. The lowest BCUT2D eigenvalue weighted by molar-refractivity contribution is -0.123. The number of amides is 6. The lowest BCUT2D eigenvalue weighted by Gasteiger charge is -2.18. The van der Waals surface area contributed by atoms with Crippen LogP contribution in [0.2, 0.25) is 0 Å². The van der Waals surface area contributed by atoms with E-state index in [2.05, 4.69) is 105 Å². The molecular weight excluding hydrogens is 1240 g/mol. The minimum absolute atomic E-state index is 0.0318. The van der Waals surface area contributed by atoms with Crippen molar-refractivity contribution in [3.63, 3.8) is 0 Å². The van der Waals surface area contributed by atoms with Gasteiger partial charge in [0.05, 0.1) is 95.0 Å². The van der Waals surface area contributed by atoms with Crippen LogP contribution in [0.15, 0.2) is 137 Å². The first-order valence-electron chi connectivity index (χ1n) is 33.5. The normalized spacial score (nSPS) is 16.1. The second kappa shape index (κ2) is 42.7. The molecule has 5 aromatic rings. The van der Waals surface area contributed by atoms with Gasteiger partial charge in [0.25, 0.3) is 5.91 Å². The molecule has 3 aromatic heterocycles. The summed E-state index contributed by atoms with van der Waals surface area (Å²) in [6.45, 7) is 12.7. The summed E-state index contributed by atoms with van der Waals surface area (Å²) in [7, 11) is 0. The van der Waals surface area contributed by atoms with Crippen LogP contribution >= 0.6 is 23.5 Å². The van der Waals surface area contributed by atoms with E-state index in [4.69, 9.17) is 18.6 Å². The molecule has 22 nitrogen and oxygen atoms in total. The van der Waals surface area contributed by atoms with Gasteiger partial charge in [0.15, 0.2) is 5.78 Å². The Labute approximate surface area is 568 Å².